The van der Waals surface area contributed by atoms with Crippen LogP contribution in [0, 0.1) is 0 Å². The number of sulfonamides is 1. The molecule has 0 aromatic carbocycles. The van der Waals surface area contributed by atoms with E-state index in [2.05, 4.69) is 25.3 Å². The number of anilines is 2. The molecule has 0 aliphatic heterocycles. The van der Waals surface area contributed by atoms with Gasteiger partial charge in [-0.05, 0) is 12.1 Å². The van der Waals surface area contributed by atoms with Gasteiger partial charge in [0.2, 0.25) is 0 Å². The minimum absolute atomic E-state index is 0.00123. The predicted molar refractivity (Wildman–Crippen MR) is 67.7 cm³/mol. The summed E-state index contributed by atoms with van der Waals surface area (Å²) >= 11 is 0. The summed E-state index contributed by atoms with van der Waals surface area (Å²) in [7, 11) is -3.83. The molecule has 9 nitrogen and oxygen atoms in total. The smallest absolute Gasteiger partial charge is 0.264 e. The van der Waals surface area contributed by atoms with Crippen LogP contribution in [0.5, 0.6) is 0 Å². The molecule has 5 N–H and O–H groups in total. The maximum absolute atomic E-state index is 12.0. The van der Waals surface area contributed by atoms with E-state index in [1.54, 1.807) is 0 Å². The van der Waals surface area contributed by atoms with Crippen molar-refractivity contribution in [1.29, 1.82) is 0 Å². The molecule has 2 aromatic heterocycles. The highest BCUT2D eigenvalue weighted by atomic mass is 32.2. The highest BCUT2D eigenvalue weighted by Crippen LogP contribution is 2.15. The first kappa shape index (κ1) is 13.0. The van der Waals surface area contributed by atoms with Crippen molar-refractivity contribution in [2.45, 2.75) is 4.90 Å². The summed E-state index contributed by atoms with van der Waals surface area (Å²) in [4.78, 5) is 14.6. The number of nitrogens with one attached hydrogen (secondary N) is 3. The third-order valence-corrected chi connectivity index (χ3v) is 3.46. The first-order chi connectivity index (χ1) is 9.01. The van der Waals surface area contributed by atoms with Crippen molar-refractivity contribution in [3.63, 3.8) is 0 Å². The van der Waals surface area contributed by atoms with E-state index in [4.69, 9.17) is 5.84 Å². The van der Waals surface area contributed by atoms with Crippen molar-refractivity contribution in [3.05, 3.63) is 40.8 Å². The average molecular weight is 282 g/mol. The van der Waals surface area contributed by atoms with E-state index >= 15 is 0 Å². The van der Waals surface area contributed by atoms with Gasteiger partial charge in [0, 0.05) is 18.3 Å². The third-order valence-electron chi connectivity index (χ3n) is 2.11. The standard InChI is InChI=1S/C9H10N6O3S/c10-12-8-5-6(3-4-11-8)19(17,18)15-7-1-2-9(16)14-13-7/h1-5H,10H2,(H,11,12)(H,13,15)(H,14,16). The zero-order chi connectivity index (χ0) is 13.9. The van der Waals surface area contributed by atoms with Gasteiger partial charge < -0.3 is 5.43 Å². The minimum Gasteiger partial charge on any atom is -0.308 e. The Morgan fingerprint density at radius 2 is 2.00 bits per heavy atom. The number of H-pyrrole nitrogens is 1. The summed E-state index contributed by atoms with van der Waals surface area (Å²) < 4.78 is 26.2. The van der Waals surface area contributed by atoms with E-state index in [1.165, 1.54) is 24.4 Å². The van der Waals surface area contributed by atoms with Crippen molar-refractivity contribution in [2.75, 3.05) is 10.1 Å². The summed E-state index contributed by atoms with van der Waals surface area (Å²) in [5, 5.41) is 5.67. The van der Waals surface area contributed by atoms with Crippen LogP contribution in [0.3, 0.4) is 0 Å². The SMILES string of the molecule is NNc1cc(S(=O)(=O)Nc2ccc(=O)[nH]n2)ccn1. The summed E-state index contributed by atoms with van der Waals surface area (Å²) in [5.41, 5.74) is 1.82. The number of rotatable bonds is 4. The highest BCUT2D eigenvalue weighted by Gasteiger charge is 2.15. The molecule has 0 saturated heterocycles. The molecule has 0 aliphatic rings. The van der Waals surface area contributed by atoms with Crippen LogP contribution in [0.4, 0.5) is 11.6 Å². The quantitative estimate of drug-likeness (QED) is 0.426. The highest BCUT2D eigenvalue weighted by molar-refractivity contribution is 7.92. The summed E-state index contributed by atoms with van der Waals surface area (Å²) in [6.07, 6.45) is 1.30. The van der Waals surface area contributed by atoms with E-state index in [0.29, 0.717) is 0 Å². The fourth-order valence-corrected chi connectivity index (χ4v) is 2.27. The van der Waals surface area contributed by atoms with Gasteiger partial charge in [-0.15, -0.1) is 0 Å². The van der Waals surface area contributed by atoms with E-state index in [0.717, 1.165) is 6.07 Å². The molecular weight excluding hydrogens is 272 g/mol. The number of pyridine rings is 1. The van der Waals surface area contributed by atoms with Crippen LogP contribution >= 0.6 is 0 Å². The van der Waals surface area contributed by atoms with Crippen molar-refractivity contribution in [1.82, 2.24) is 15.2 Å². The maximum atomic E-state index is 12.0. The fourth-order valence-electron chi connectivity index (χ4n) is 1.26. The molecule has 2 rings (SSSR count). The van der Waals surface area contributed by atoms with E-state index in [1.807, 2.05) is 0 Å². The second-order valence-electron chi connectivity index (χ2n) is 3.43. The minimum atomic E-state index is -3.83. The van der Waals surface area contributed by atoms with E-state index in [9.17, 15) is 13.2 Å². The number of hydrogen-bond donors (Lipinski definition) is 4. The fraction of sp³-hybridized carbons (Fsp3) is 0. The number of hydrazine groups is 1. The first-order valence-electron chi connectivity index (χ1n) is 5.02. The van der Waals surface area contributed by atoms with E-state index in [-0.39, 0.29) is 16.5 Å². The van der Waals surface area contributed by atoms with Crippen LogP contribution in [0.15, 0.2) is 40.2 Å². The summed E-state index contributed by atoms with van der Waals surface area (Å²) in [5.74, 6) is 5.36. The second-order valence-corrected chi connectivity index (χ2v) is 5.12. The van der Waals surface area contributed by atoms with Crippen LogP contribution in [-0.4, -0.2) is 23.6 Å². The predicted octanol–water partition coefficient (Wildman–Crippen LogP) is -0.749. The van der Waals surface area contributed by atoms with Gasteiger partial charge >= 0.3 is 0 Å². The Morgan fingerprint density at radius 3 is 2.63 bits per heavy atom. The number of nitrogens with zero attached hydrogens (tertiary/aromatic N) is 2. The van der Waals surface area contributed by atoms with Crippen LogP contribution in [0.1, 0.15) is 0 Å². The topological polar surface area (TPSA) is 143 Å². The molecule has 0 unspecified atom stereocenters. The van der Waals surface area contributed by atoms with Crippen LogP contribution in [0.2, 0.25) is 0 Å². The number of aromatic nitrogens is 3. The lowest BCUT2D eigenvalue weighted by Gasteiger charge is -2.07. The first-order valence-corrected chi connectivity index (χ1v) is 6.51. The molecule has 0 amide bonds. The Balaban J connectivity index is 2.31. The van der Waals surface area contributed by atoms with Gasteiger partial charge in [0.1, 0.15) is 5.82 Å². The molecule has 2 aromatic rings. The van der Waals surface area contributed by atoms with Crippen LogP contribution in [0.25, 0.3) is 0 Å². The Bertz CT molecular complexity index is 721. The Hall–Kier alpha value is -2.46. The van der Waals surface area contributed by atoms with Crippen molar-refractivity contribution >= 4 is 21.7 Å². The lowest BCUT2D eigenvalue weighted by Crippen LogP contribution is -2.17. The zero-order valence-corrected chi connectivity index (χ0v) is 10.3. The summed E-state index contributed by atoms with van der Waals surface area (Å²) in [6.45, 7) is 0. The monoisotopic (exact) mass is 282 g/mol. The van der Waals surface area contributed by atoms with Gasteiger partial charge in [-0.3, -0.25) is 9.52 Å². The molecule has 19 heavy (non-hydrogen) atoms. The van der Waals surface area contributed by atoms with Gasteiger partial charge in [-0.25, -0.2) is 24.3 Å². The largest absolute Gasteiger partial charge is 0.308 e. The molecule has 0 aliphatic carbocycles. The lowest BCUT2D eigenvalue weighted by molar-refractivity contribution is 0.600. The third kappa shape index (κ3) is 3.05. The maximum Gasteiger partial charge on any atom is 0.264 e. The van der Waals surface area contributed by atoms with Gasteiger partial charge in [-0.1, -0.05) is 0 Å². The van der Waals surface area contributed by atoms with Gasteiger partial charge in [0.25, 0.3) is 15.6 Å². The molecule has 0 radical (unpaired) electrons. The molecule has 0 spiro atoms. The molecule has 0 fully saturated rings. The van der Waals surface area contributed by atoms with Gasteiger partial charge in [0.15, 0.2) is 5.82 Å². The Labute approximate surface area is 107 Å². The Kier molecular flexibility index (Phi) is 3.44. The zero-order valence-electron chi connectivity index (χ0n) is 9.49. The molecule has 10 heteroatoms. The number of nitrogens with two attached hydrogens (primary N) is 1. The molecule has 0 bridgehead atoms. The summed E-state index contributed by atoms with van der Waals surface area (Å²) in [6, 6.07) is 4.97. The number of nitrogen functional groups attached to an aromatic ring is 1. The molecule has 100 valence electrons. The number of aromatic amines is 1. The average Bonchev–Trinajstić information content (AvgIpc) is 2.41. The molecular formula is C9H10N6O3S. The van der Waals surface area contributed by atoms with Gasteiger partial charge in [-0.2, -0.15) is 5.10 Å². The van der Waals surface area contributed by atoms with Crippen molar-refractivity contribution in [3.8, 4) is 0 Å². The molecule has 2 heterocycles. The van der Waals surface area contributed by atoms with Crippen molar-refractivity contribution < 1.29 is 8.42 Å². The molecule has 0 atom stereocenters. The van der Waals surface area contributed by atoms with Crippen molar-refractivity contribution in [2.24, 2.45) is 5.84 Å². The Morgan fingerprint density at radius 1 is 1.21 bits per heavy atom. The van der Waals surface area contributed by atoms with Crippen LogP contribution < -0.4 is 21.5 Å². The number of hydrogen-bond acceptors (Lipinski definition) is 7. The van der Waals surface area contributed by atoms with Crippen LogP contribution in [-0.2, 0) is 10.0 Å². The normalized spacial score (nSPS) is 11.0. The van der Waals surface area contributed by atoms with Gasteiger partial charge in [0.05, 0.1) is 4.90 Å². The van der Waals surface area contributed by atoms with E-state index < -0.39 is 15.6 Å². The molecule has 0 saturated carbocycles. The lowest BCUT2D eigenvalue weighted by atomic mass is 10.5. The second kappa shape index (κ2) is 5.04.